The third-order valence-electron chi connectivity index (χ3n) is 3.37. The number of carbonyl (C=O) groups excluding carboxylic acids is 1. The van der Waals surface area contributed by atoms with Crippen LogP contribution >= 0.6 is 23.2 Å². The molecule has 0 aliphatic carbocycles. The van der Waals surface area contributed by atoms with Crippen LogP contribution in [-0.2, 0) is 10.0 Å². The maximum Gasteiger partial charge on any atom is 0.266 e. The molecule has 0 bridgehead atoms. The van der Waals surface area contributed by atoms with Crippen molar-refractivity contribution in [1.82, 2.24) is 10.3 Å². The van der Waals surface area contributed by atoms with Crippen LogP contribution in [0.2, 0.25) is 10.0 Å². The highest BCUT2D eigenvalue weighted by atomic mass is 35.5. The number of methoxy groups -OCH3 is 3. The van der Waals surface area contributed by atoms with Crippen LogP contribution in [0.5, 0.6) is 17.2 Å². The van der Waals surface area contributed by atoms with Crippen molar-refractivity contribution in [2.75, 3.05) is 21.3 Å². The van der Waals surface area contributed by atoms with E-state index in [0.29, 0.717) is 5.75 Å². The first kappa shape index (κ1) is 21.1. The fraction of sp³-hybridized carbons (Fsp3) is 0.188. The van der Waals surface area contributed by atoms with Crippen LogP contribution in [0.15, 0.2) is 35.2 Å². The van der Waals surface area contributed by atoms with Gasteiger partial charge in [-0.05, 0) is 30.3 Å². The van der Waals surface area contributed by atoms with Crippen molar-refractivity contribution < 1.29 is 27.4 Å². The first-order valence-electron chi connectivity index (χ1n) is 7.30. The summed E-state index contributed by atoms with van der Waals surface area (Å²) in [6.45, 7) is 0. The zero-order valence-electron chi connectivity index (χ0n) is 14.5. The molecule has 8 nitrogen and oxygen atoms in total. The number of nitrogens with one attached hydrogen (secondary N) is 2. The molecule has 2 aromatic rings. The Morgan fingerprint density at radius 3 is 1.85 bits per heavy atom. The SMILES string of the molecule is COc1cc(C(=O)NNS(=O)(=O)c2cc(Cl)cc(Cl)c2)cc(OC)c1OC. The number of amides is 1. The smallest absolute Gasteiger partial charge is 0.266 e. The predicted octanol–water partition coefficient (Wildman–Crippen LogP) is 2.64. The summed E-state index contributed by atoms with van der Waals surface area (Å²) in [5.74, 6) is 0.0367. The molecule has 0 heterocycles. The van der Waals surface area contributed by atoms with Gasteiger partial charge in [0.25, 0.3) is 15.9 Å². The molecular formula is C16H16Cl2N2O6S. The Labute approximate surface area is 166 Å². The number of benzene rings is 2. The molecule has 11 heteroatoms. The molecule has 27 heavy (non-hydrogen) atoms. The summed E-state index contributed by atoms with van der Waals surface area (Å²) in [5, 5.41) is 0.276. The van der Waals surface area contributed by atoms with Gasteiger partial charge in [0.1, 0.15) is 0 Å². The Kier molecular flexibility index (Phi) is 6.77. The Morgan fingerprint density at radius 1 is 0.889 bits per heavy atom. The zero-order chi connectivity index (χ0) is 20.2. The van der Waals surface area contributed by atoms with Gasteiger partial charge >= 0.3 is 0 Å². The van der Waals surface area contributed by atoms with Crippen molar-refractivity contribution in [2.45, 2.75) is 4.90 Å². The number of hydrogen-bond acceptors (Lipinski definition) is 6. The lowest BCUT2D eigenvalue weighted by Gasteiger charge is -2.14. The number of hydrazine groups is 1. The molecule has 2 aromatic carbocycles. The second-order valence-corrected chi connectivity index (χ2v) is 7.63. The second-order valence-electron chi connectivity index (χ2n) is 5.08. The lowest BCUT2D eigenvalue weighted by molar-refractivity contribution is 0.0944. The average molecular weight is 435 g/mol. The van der Waals surface area contributed by atoms with E-state index < -0.39 is 15.9 Å². The highest BCUT2D eigenvalue weighted by Crippen LogP contribution is 2.38. The Hall–Kier alpha value is -2.20. The lowest BCUT2D eigenvalue weighted by atomic mass is 10.1. The van der Waals surface area contributed by atoms with Crippen LogP contribution in [0, 0.1) is 0 Å². The largest absolute Gasteiger partial charge is 0.493 e. The summed E-state index contributed by atoms with van der Waals surface area (Å²) in [4.78, 5) is 14.1. The molecule has 0 saturated heterocycles. The first-order valence-corrected chi connectivity index (χ1v) is 9.54. The molecule has 0 fully saturated rings. The van der Waals surface area contributed by atoms with E-state index in [1.807, 2.05) is 4.83 Å². The van der Waals surface area contributed by atoms with Gasteiger partial charge in [-0.3, -0.25) is 10.2 Å². The number of rotatable bonds is 7. The van der Waals surface area contributed by atoms with Crippen molar-refractivity contribution in [3.8, 4) is 17.2 Å². The summed E-state index contributed by atoms with van der Waals surface area (Å²) in [7, 11) is 0.117. The van der Waals surface area contributed by atoms with Gasteiger partial charge in [0.15, 0.2) is 11.5 Å². The van der Waals surface area contributed by atoms with Crippen molar-refractivity contribution in [1.29, 1.82) is 0 Å². The maximum absolute atomic E-state index is 12.4. The van der Waals surface area contributed by atoms with E-state index >= 15 is 0 Å². The highest BCUT2D eigenvalue weighted by molar-refractivity contribution is 7.89. The molecular weight excluding hydrogens is 419 g/mol. The number of hydrogen-bond donors (Lipinski definition) is 2. The molecule has 0 atom stereocenters. The molecule has 2 rings (SSSR count). The van der Waals surface area contributed by atoms with Crippen LogP contribution in [0.3, 0.4) is 0 Å². The average Bonchev–Trinajstić information content (AvgIpc) is 2.64. The van der Waals surface area contributed by atoms with E-state index in [9.17, 15) is 13.2 Å². The minimum Gasteiger partial charge on any atom is -0.493 e. The molecule has 0 aliphatic heterocycles. The third-order valence-corrected chi connectivity index (χ3v) is 5.04. The summed E-state index contributed by atoms with van der Waals surface area (Å²) < 4.78 is 40.1. The van der Waals surface area contributed by atoms with E-state index in [1.54, 1.807) is 0 Å². The number of halogens is 2. The van der Waals surface area contributed by atoms with Crippen LogP contribution in [-0.4, -0.2) is 35.7 Å². The third kappa shape index (κ3) is 4.95. The molecule has 2 N–H and O–H groups in total. The Morgan fingerprint density at radius 2 is 1.41 bits per heavy atom. The molecule has 1 amide bonds. The van der Waals surface area contributed by atoms with E-state index in [1.165, 1.54) is 51.7 Å². The molecule has 0 radical (unpaired) electrons. The van der Waals surface area contributed by atoms with E-state index in [4.69, 9.17) is 37.4 Å². The molecule has 0 unspecified atom stereocenters. The van der Waals surface area contributed by atoms with Gasteiger partial charge in [-0.1, -0.05) is 23.2 Å². The van der Waals surface area contributed by atoms with Crippen molar-refractivity contribution >= 4 is 39.1 Å². The molecule has 0 aromatic heterocycles. The monoisotopic (exact) mass is 434 g/mol. The van der Waals surface area contributed by atoms with Crippen LogP contribution in [0.25, 0.3) is 0 Å². The second kappa shape index (κ2) is 8.66. The van der Waals surface area contributed by atoms with Gasteiger partial charge < -0.3 is 14.2 Å². The topological polar surface area (TPSA) is 103 Å². The minimum atomic E-state index is -4.09. The lowest BCUT2D eigenvalue weighted by Crippen LogP contribution is -2.41. The van der Waals surface area contributed by atoms with Crippen LogP contribution in [0.4, 0.5) is 0 Å². The fourth-order valence-electron chi connectivity index (χ4n) is 2.14. The van der Waals surface area contributed by atoms with Crippen molar-refractivity contribution in [3.63, 3.8) is 0 Å². The molecule has 0 aliphatic rings. The Bertz CT molecular complexity index is 920. The van der Waals surface area contributed by atoms with Gasteiger partial charge in [-0.25, -0.2) is 8.42 Å². The van der Waals surface area contributed by atoms with Crippen molar-refractivity contribution in [2.24, 2.45) is 0 Å². The van der Waals surface area contributed by atoms with Gasteiger partial charge in [-0.2, -0.15) is 0 Å². The minimum absolute atomic E-state index is 0.0799. The fourth-order valence-corrected chi connectivity index (χ4v) is 3.71. The van der Waals surface area contributed by atoms with Gasteiger partial charge in [0.2, 0.25) is 5.75 Å². The quantitative estimate of drug-likeness (QED) is 0.649. The first-order chi connectivity index (χ1) is 12.7. The predicted molar refractivity (Wildman–Crippen MR) is 100 cm³/mol. The normalized spacial score (nSPS) is 11.0. The number of sulfonamides is 1. The summed E-state index contributed by atoms with van der Waals surface area (Å²) in [6, 6.07) is 6.53. The van der Waals surface area contributed by atoms with Crippen LogP contribution < -0.4 is 24.5 Å². The summed E-state index contributed by atoms with van der Waals surface area (Å²) in [6.07, 6.45) is 0. The standard InChI is InChI=1S/C16H16Cl2N2O6S/c1-24-13-4-9(5-14(25-2)15(13)26-3)16(21)19-20-27(22,23)12-7-10(17)6-11(18)8-12/h4-8,20H,1-3H3,(H,19,21). The maximum atomic E-state index is 12.4. The summed E-state index contributed by atoms with van der Waals surface area (Å²) >= 11 is 11.6. The van der Waals surface area contributed by atoms with E-state index in [0.717, 1.165) is 0 Å². The van der Waals surface area contributed by atoms with Crippen LogP contribution in [0.1, 0.15) is 10.4 Å². The Balaban J connectivity index is 2.24. The number of ether oxygens (including phenoxy) is 3. The summed E-state index contributed by atoms with van der Waals surface area (Å²) in [5.41, 5.74) is 2.18. The zero-order valence-corrected chi connectivity index (χ0v) is 16.8. The highest BCUT2D eigenvalue weighted by Gasteiger charge is 2.20. The van der Waals surface area contributed by atoms with Crippen molar-refractivity contribution in [3.05, 3.63) is 45.9 Å². The van der Waals surface area contributed by atoms with Gasteiger partial charge in [0, 0.05) is 15.6 Å². The molecule has 0 saturated carbocycles. The molecule has 0 spiro atoms. The van der Waals surface area contributed by atoms with E-state index in [-0.39, 0.29) is 32.0 Å². The molecule has 146 valence electrons. The number of carbonyl (C=O) groups is 1. The van der Waals surface area contributed by atoms with Gasteiger partial charge in [-0.15, -0.1) is 4.83 Å². The van der Waals surface area contributed by atoms with Gasteiger partial charge in [0.05, 0.1) is 26.2 Å². The van der Waals surface area contributed by atoms with E-state index in [2.05, 4.69) is 5.43 Å².